The second-order valence-corrected chi connectivity index (χ2v) is 6.06. The van der Waals surface area contributed by atoms with Gasteiger partial charge in [0.1, 0.15) is 17.3 Å². The number of nitrogens with one attached hydrogen (secondary N) is 2. The standard InChI is InChI=1S/C21H21FN4O2/c1-28-17-8-6-15(7-9-17)10-12-23-20(27)19-11-13-24-21(26-19)25-14-16-4-2-3-5-18(16)22/h2-9,11,13H,10,12,14H2,1H3,(H,23,27)(H,24,25,26). The number of halogens is 1. The third-order valence-electron chi connectivity index (χ3n) is 4.14. The van der Waals surface area contributed by atoms with Crippen molar-refractivity contribution in [1.29, 1.82) is 0 Å². The van der Waals surface area contributed by atoms with Gasteiger partial charge in [-0.1, -0.05) is 30.3 Å². The molecule has 3 rings (SSSR count). The van der Waals surface area contributed by atoms with Crippen LogP contribution in [0.25, 0.3) is 0 Å². The molecule has 0 bridgehead atoms. The van der Waals surface area contributed by atoms with E-state index in [1.54, 1.807) is 25.3 Å². The molecule has 2 N–H and O–H groups in total. The maximum atomic E-state index is 13.7. The average molecular weight is 380 g/mol. The summed E-state index contributed by atoms with van der Waals surface area (Å²) in [5, 5.41) is 5.77. The maximum Gasteiger partial charge on any atom is 0.270 e. The molecule has 1 amide bonds. The predicted molar refractivity (Wildman–Crippen MR) is 105 cm³/mol. The highest BCUT2D eigenvalue weighted by molar-refractivity contribution is 5.92. The van der Waals surface area contributed by atoms with Gasteiger partial charge in [-0.2, -0.15) is 0 Å². The molecule has 0 radical (unpaired) electrons. The largest absolute Gasteiger partial charge is 0.497 e. The van der Waals surface area contributed by atoms with Crippen LogP contribution in [-0.2, 0) is 13.0 Å². The Kier molecular flexibility index (Phi) is 6.51. The fraction of sp³-hybridized carbons (Fsp3) is 0.190. The molecule has 144 valence electrons. The van der Waals surface area contributed by atoms with Crippen molar-refractivity contribution in [2.45, 2.75) is 13.0 Å². The van der Waals surface area contributed by atoms with Crippen molar-refractivity contribution in [3.05, 3.63) is 83.4 Å². The van der Waals surface area contributed by atoms with Crippen LogP contribution in [0.4, 0.5) is 10.3 Å². The lowest BCUT2D eigenvalue weighted by Crippen LogP contribution is -2.26. The molecule has 0 fully saturated rings. The van der Waals surface area contributed by atoms with E-state index in [-0.39, 0.29) is 29.9 Å². The number of anilines is 1. The first kappa shape index (κ1) is 19.3. The summed E-state index contributed by atoms with van der Waals surface area (Å²) in [5.74, 6) is 0.475. The molecule has 28 heavy (non-hydrogen) atoms. The summed E-state index contributed by atoms with van der Waals surface area (Å²) >= 11 is 0. The minimum atomic E-state index is -0.303. The Bertz CT molecular complexity index is 932. The summed E-state index contributed by atoms with van der Waals surface area (Å²) in [7, 11) is 1.62. The van der Waals surface area contributed by atoms with E-state index >= 15 is 0 Å². The number of carbonyl (C=O) groups is 1. The number of hydrogen-bond donors (Lipinski definition) is 2. The highest BCUT2D eigenvalue weighted by atomic mass is 19.1. The number of carbonyl (C=O) groups excluding carboxylic acids is 1. The zero-order valence-electron chi connectivity index (χ0n) is 15.5. The van der Waals surface area contributed by atoms with Gasteiger partial charge in [-0.3, -0.25) is 4.79 Å². The van der Waals surface area contributed by atoms with E-state index in [4.69, 9.17) is 4.74 Å². The molecule has 0 spiro atoms. The highest BCUT2D eigenvalue weighted by Gasteiger charge is 2.09. The van der Waals surface area contributed by atoms with Gasteiger partial charge in [0.25, 0.3) is 5.91 Å². The highest BCUT2D eigenvalue weighted by Crippen LogP contribution is 2.12. The molecule has 1 heterocycles. The van der Waals surface area contributed by atoms with E-state index in [1.807, 2.05) is 24.3 Å². The number of methoxy groups -OCH3 is 1. The van der Waals surface area contributed by atoms with Crippen molar-refractivity contribution < 1.29 is 13.9 Å². The smallest absolute Gasteiger partial charge is 0.270 e. The Morgan fingerprint density at radius 1 is 1.11 bits per heavy atom. The lowest BCUT2D eigenvalue weighted by Gasteiger charge is -2.08. The average Bonchev–Trinajstić information content (AvgIpc) is 2.74. The van der Waals surface area contributed by atoms with Crippen LogP contribution in [0.2, 0.25) is 0 Å². The molecule has 7 heteroatoms. The van der Waals surface area contributed by atoms with E-state index < -0.39 is 0 Å². The van der Waals surface area contributed by atoms with Crippen molar-refractivity contribution in [3.63, 3.8) is 0 Å². The third kappa shape index (κ3) is 5.26. The van der Waals surface area contributed by atoms with E-state index in [0.717, 1.165) is 11.3 Å². The van der Waals surface area contributed by atoms with Crippen molar-refractivity contribution in [2.24, 2.45) is 0 Å². The van der Waals surface area contributed by atoms with Crippen LogP contribution in [0.15, 0.2) is 60.8 Å². The number of aromatic nitrogens is 2. The molecule has 0 aliphatic rings. The Morgan fingerprint density at radius 3 is 2.64 bits per heavy atom. The van der Waals surface area contributed by atoms with Crippen LogP contribution in [-0.4, -0.2) is 29.5 Å². The zero-order valence-corrected chi connectivity index (χ0v) is 15.5. The van der Waals surface area contributed by atoms with Gasteiger partial charge >= 0.3 is 0 Å². The summed E-state index contributed by atoms with van der Waals surface area (Å²) in [4.78, 5) is 20.6. The SMILES string of the molecule is COc1ccc(CCNC(=O)c2ccnc(NCc3ccccc3F)n2)cc1. The van der Waals surface area contributed by atoms with E-state index in [2.05, 4.69) is 20.6 Å². The van der Waals surface area contributed by atoms with Crippen LogP contribution in [0.1, 0.15) is 21.6 Å². The summed E-state index contributed by atoms with van der Waals surface area (Å²) in [6, 6.07) is 15.7. The number of ether oxygens (including phenoxy) is 1. The number of rotatable bonds is 8. The molecular weight excluding hydrogens is 359 g/mol. The van der Waals surface area contributed by atoms with Crippen LogP contribution >= 0.6 is 0 Å². The Balaban J connectivity index is 1.52. The van der Waals surface area contributed by atoms with E-state index in [1.165, 1.54) is 18.3 Å². The van der Waals surface area contributed by atoms with Gasteiger partial charge in [0.05, 0.1) is 7.11 Å². The van der Waals surface area contributed by atoms with Gasteiger partial charge in [0.2, 0.25) is 5.95 Å². The molecule has 0 saturated heterocycles. The molecule has 0 aliphatic carbocycles. The number of benzene rings is 2. The fourth-order valence-electron chi connectivity index (χ4n) is 2.59. The van der Waals surface area contributed by atoms with Gasteiger partial charge in [0.15, 0.2) is 0 Å². The van der Waals surface area contributed by atoms with Crippen LogP contribution in [0, 0.1) is 5.82 Å². The quantitative estimate of drug-likeness (QED) is 0.628. The van der Waals surface area contributed by atoms with Crippen molar-refractivity contribution in [1.82, 2.24) is 15.3 Å². The van der Waals surface area contributed by atoms with Gasteiger partial charge in [-0.15, -0.1) is 0 Å². The molecule has 1 aromatic heterocycles. The monoisotopic (exact) mass is 380 g/mol. The van der Waals surface area contributed by atoms with Crippen LogP contribution in [0.5, 0.6) is 5.75 Å². The number of nitrogens with zero attached hydrogens (tertiary/aromatic N) is 2. The summed E-state index contributed by atoms with van der Waals surface area (Å²) in [5.41, 5.74) is 1.84. The van der Waals surface area contributed by atoms with Gasteiger partial charge in [0, 0.05) is 24.8 Å². The van der Waals surface area contributed by atoms with Gasteiger partial charge < -0.3 is 15.4 Å². The van der Waals surface area contributed by atoms with Crippen molar-refractivity contribution in [3.8, 4) is 5.75 Å². The van der Waals surface area contributed by atoms with Crippen molar-refractivity contribution in [2.75, 3.05) is 19.0 Å². The first-order valence-corrected chi connectivity index (χ1v) is 8.87. The zero-order chi connectivity index (χ0) is 19.8. The first-order chi connectivity index (χ1) is 13.7. The van der Waals surface area contributed by atoms with E-state index in [9.17, 15) is 9.18 Å². The summed E-state index contributed by atoms with van der Waals surface area (Å²) < 4.78 is 18.8. The molecule has 0 atom stereocenters. The van der Waals surface area contributed by atoms with Crippen LogP contribution < -0.4 is 15.4 Å². The molecule has 0 aliphatic heterocycles. The second kappa shape index (κ2) is 9.45. The molecule has 2 aromatic carbocycles. The minimum absolute atomic E-state index is 0.231. The van der Waals surface area contributed by atoms with Gasteiger partial charge in [-0.05, 0) is 36.2 Å². The Morgan fingerprint density at radius 2 is 1.89 bits per heavy atom. The van der Waals surface area contributed by atoms with Crippen LogP contribution in [0.3, 0.4) is 0 Å². The molecule has 0 unspecified atom stereocenters. The van der Waals surface area contributed by atoms with E-state index in [0.29, 0.717) is 18.5 Å². The number of amides is 1. The van der Waals surface area contributed by atoms with Crippen molar-refractivity contribution >= 4 is 11.9 Å². The molecular formula is C21H21FN4O2. The van der Waals surface area contributed by atoms with Gasteiger partial charge in [-0.25, -0.2) is 14.4 Å². The Labute approximate surface area is 162 Å². The second-order valence-electron chi connectivity index (χ2n) is 6.06. The fourth-order valence-corrected chi connectivity index (χ4v) is 2.59. The molecule has 6 nitrogen and oxygen atoms in total. The molecule has 3 aromatic rings. The molecule has 0 saturated carbocycles. The normalized spacial score (nSPS) is 10.4. The lowest BCUT2D eigenvalue weighted by atomic mass is 10.1. The third-order valence-corrected chi connectivity index (χ3v) is 4.14. The predicted octanol–water partition coefficient (Wildman–Crippen LogP) is 3.21. The topological polar surface area (TPSA) is 76.1 Å². The maximum absolute atomic E-state index is 13.7. The Hall–Kier alpha value is -3.48. The number of hydrogen-bond acceptors (Lipinski definition) is 5. The minimum Gasteiger partial charge on any atom is -0.497 e. The summed E-state index contributed by atoms with van der Waals surface area (Å²) in [6.07, 6.45) is 2.19. The lowest BCUT2D eigenvalue weighted by molar-refractivity contribution is 0.0949. The summed E-state index contributed by atoms with van der Waals surface area (Å²) in [6.45, 7) is 0.711. The first-order valence-electron chi connectivity index (χ1n) is 8.87.